The van der Waals surface area contributed by atoms with Crippen LogP contribution in [0.1, 0.15) is 0 Å². The van der Waals surface area contributed by atoms with Gasteiger partial charge in [-0.2, -0.15) is 0 Å². The van der Waals surface area contributed by atoms with Gasteiger partial charge in [0, 0.05) is 43.3 Å². The zero-order chi connectivity index (χ0) is 35.1. The van der Waals surface area contributed by atoms with Gasteiger partial charge < -0.3 is 4.40 Å². The van der Waals surface area contributed by atoms with Crippen LogP contribution in [0.2, 0.25) is 0 Å². The molecule has 0 aliphatic rings. The maximum Gasteiger partial charge on any atom is 0.162 e. The van der Waals surface area contributed by atoms with Crippen LogP contribution >= 0.6 is 0 Å². The van der Waals surface area contributed by atoms with Crippen LogP contribution in [0.3, 0.4) is 0 Å². The van der Waals surface area contributed by atoms with Gasteiger partial charge in [-0.1, -0.05) is 127 Å². The lowest BCUT2D eigenvalue weighted by molar-refractivity contribution is 1.08. The fraction of sp³-hybridized carbons (Fsp3) is 0. The van der Waals surface area contributed by atoms with Gasteiger partial charge in [-0.15, -0.1) is 0 Å². The van der Waals surface area contributed by atoms with Gasteiger partial charge in [-0.3, -0.25) is 4.57 Å². The van der Waals surface area contributed by atoms with Crippen LogP contribution in [0.4, 0.5) is 0 Å². The second-order valence-corrected chi connectivity index (χ2v) is 14.5. The van der Waals surface area contributed by atoms with Crippen molar-refractivity contribution in [2.45, 2.75) is 0 Å². The highest BCUT2D eigenvalue weighted by atomic mass is 15.1. The Bertz CT molecular complexity index is 3740. The number of hydrogen-bond acceptors (Lipinski definition) is 2. The minimum absolute atomic E-state index is 0.718. The average Bonchev–Trinajstić information content (AvgIpc) is 3.87. The number of hydrogen-bond donors (Lipinski definition) is 0. The third kappa shape index (κ3) is 3.52. The van der Waals surface area contributed by atoms with E-state index in [2.05, 4.69) is 179 Å². The molecule has 54 heavy (non-hydrogen) atoms. The van der Waals surface area contributed by atoms with Crippen molar-refractivity contribution < 1.29 is 0 Å². The largest absolute Gasteiger partial charge is 0.308 e. The van der Waals surface area contributed by atoms with E-state index in [0.29, 0.717) is 0 Å². The molecule has 248 valence electrons. The molecule has 4 heteroatoms. The first kappa shape index (κ1) is 28.3. The van der Waals surface area contributed by atoms with Crippen LogP contribution in [0, 0.1) is 0 Å². The van der Waals surface area contributed by atoms with Crippen molar-refractivity contribution in [1.82, 2.24) is 18.9 Å². The van der Waals surface area contributed by atoms with Crippen molar-refractivity contribution in [2.24, 2.45) is 0 Å². The van der Waals surface area contributed by atoms with Crippen molar-refractivity contribution in [3.63, 3.8) is 0 Å². The lowest BCUT2D eigenvalue weighted by atomic mass is 9.97. The first-order valence-corrected chi connectivity index (χ1v) is 18.5. The van der Waals surface area contributed by atoms with Gasteiger partial charge >= 0.3 is 0 Å². The highest BCUT2D eigenvalue weighted by Crippen LogP contribution is 2.48. The van der Waals surface area contributed by atoms with Crippen LogP contribution in [0.5, 0.6) is 0 Å². The summed E-state index contributed by atoms with van der Waals surface area (Å²) >= 11 is 0. The minimum atomic E-state index is 0.718. The number of nitrogens with zero attached hydrogens (tertiary/aromatic N) is 4. The van der Waals surface area contributed by atoms with Crippen LogP contribution in [0.25, 0.3) is 120 Å². The first-order valence-electron chi connectivity index (χ1n) is 18.5. The van der Waals surface area contributed by atoms with Gasteiger partial charge in [0.05, 0.1) is 33.1 Å². The Balaban J connectivity index is 1.24. The second-order valence-electron chi connectivity index (χ2n) is 14.5. The van der Waals surface area contributed by atoms with E-state index in [1.165, 1.54) is 75.8 Å². The molecule has 0 amide bonds. The quantitative estimate of drug-likeness (QED) is 0.170. The van der Waals surface area contributed by atoms with E-state index in [1.54, 1.807) is 0 Å². The number of para-hydroxylation sites is 3. The lowest BCUT2D eigenvalue weighted by Crippen LogP contribution is -2.03. The van der Waals surface area contributed by atoms with Crippen LogP contribution < -0.4 is 0 Å². The van der Waals surface area contributed by atoms with E-state index in [9.17, 15) is 0 Å². The van der Waals surface area contributed by atoms with Gasteiger partial charge in [0.2, 0.25) is 0 Å². The van der Waals surface area contributed by atoms with E-state index >= 15 is 0 Å². The van der Waals surface area contributed by atoms with Crippen molar-refractivity contribution in [3.8, 4) is 17.2 Å². The Kier molecular flexibility index (Phi) is 5.34. The third-order valence-corrected chi connectivity index (χ3v) is 11.8. The Morgan fingerprint density at radius 3 is 1.81 bits per heavy atom. The summed E-state index contributed by atoms with van der Waals surface area (Å²) in [5, 5.41) is 15.8. The number of rotatable bonds is 2. The Hall–Kier alpha value is -7.30. The summed E-state index contributed by atoms with van der Waals surface area (Å²) in [5.74, 6) is 1.60. The summed E-state index contributed by atoms with van der Waals surface area (Å²) in [6, 6.07) is 61.5. The highest BCUT2D eigenvalue weighted by Gasteiger charge is 2.26. The molecule has 4 nitrogen and oxygen atoms in total. The summed E-state index contributed by atoms with van der Waals surface area (Å²) in [6.45, 7) is 0. The lowest BCUT2D eigenvalue weighted by Gasteiger charge is -2.15. The van der Waals surface area contributed by atoms with Gasteiger partial charge in [-0.25, -0.2) is 9.97 Å². The predicted molar refractivity (Wildman–Crippen MR) is 226 cm³/mol. The number of aromatic nitrogens is 4. The third-order valence-electron chi connectivity index (χ3n) is 11.8. The molecule has 13 aromatic rings. The molecule has 0 fully saturated rings. The minimum Gasteiger partial charge on any atom is -0.308 e. The molecule has 0 spiro atoms. The van der Waals surface area contributed by atoms with E-state index < -0.39 is 0 Å². The maximum absolute atomic E-state index is 5.61. The molecule has 0 saturated heterocycles. The van der Waals surface area contributed by atoms with Crippen molar-refractivity contribution in [1.29, 1.82) is 0 Å². The molecular weight excluding hydrogens is 657 g/mol. The smallest absolute Gasteiger partial charge is 0.162 e. The molecule has 0 aliphatic carbocycles. The molecule has 4 aromatic heterocycles. The Morgan fingerprint density at radius 2 is 0.981 bits per heavy atom. The van der Waals surface area contributed by atoms with Gasteiger partial charge in [0.15, 0.2) is 5.82 Å². The highest BCUT2D eigenvalue weighted by molar-refractivity contribution is 6.37. The van der Waals surface area contributed by atoms with Crippen LogP contribution in [0.15, 0.2) is 170 Å². The van der Waals surface area contributed by atoms with E-state index in [4.69, 9.17) is 9.97 Å². The zero-order valence-electron chi connectivity index (χ0n) is 29.0. The maximum atomic E-state index is 5.61. The van der Waals surface area contributed by atoms with Crippen molar-refractivity contribution >= 4 is 103 Å². The second kappa shape index (κ2) is 10.2. The molecule has 0 atom stereocenters. The average molecular weight is 685 g/mol. The van der Waals surface area contributed by atoms with Crippen LogP contribution in [-0.4, -0.2) is 18.9 Å². The Morgan fingerprint density at radius 1 is 0.352 bits per heavy atom. The zero-order valence-corrected chi connectivity index (χ0v) is 29.0. The molecular formula is C50H28N4. The molecule has 0 saturated carbocycles. The standard InChI is InChI=1S/C50H28N4/c1-4-16-32-29(13-1)25-26-43-45(32)39-28-44-46(47-37-21-9-11-23-41(37)53(43)48(39)47)36-20-8-12-24-42(36)54(44)50-35-19-7-10-22-40(35)51-49(52-50)38-27-30-14-2-3-15-31(30)33-17-5-6-18-34(33)38/h1-28H. The molecule has 13 rings (SSSR count). The fourth-order valence-electron chi connectivity index (χ4n) is 9.60. The summed E-state index contributed by atoms with van der Waals surface area (Å²) in [4.78, 5) is 10.9. The SMILES string of the molecule is c1ccc2c(c1)cc(-c1nc(-n3c4ccccc4c4c5c6ccccc6n6c7ccc8ccccc8c7c(cc43)c56)c3ccccc3n1)c1ccccc12. The van der Waals surface area contributed by atoms with Gasteiger partial charge in [0.1, 0.15) is 5.82 Å². The molecule has 0 radical (unpaired) electrons. The molecule has 4 heterocycles. The van der Waals surface area contributed by atoms with Gasteiger partial charge in [-0.05, 0) is 74.8 Å². The van der Waals surface area contributed by atoms with E-state index in [1.807, 2.05) is 0 Å². The fourth-order valence-corrected chi connectivity index (χ4v) is 9.60. The molecule has 0 unspecified atom stereocenters. The topological polar surface area (TPSA) is 35.1 Å². The monoisotopic (exact) mass is 684 g/mol. The van der Waals surface area contributed by atoms with Crippen molar-refractivity contribution in [3.05, 3.63) is 170 Å². The number of benzene rings is 9. The summed E-state index contributed by atoms with van der Waals surface area (Å²) in [5.41, 5.74) is 7.94. The van der Waals surface area contributed by atoms with E-state index in [0.717, 1.165) is 44.5 Å². The van der Waals surface area contributed by atoms with E-state index in [-0.39, 0.29) is 0 Å². The molecule has 0 N–H and O–H groups in total. The summed E-state index contributed by atoms with van der Waals surface area (Å²) in [7, 11) is 0. The molecule has 0 bridgehead atoms. The Labute approximate surface area is 308 Å². The number of fused-ring (bicyclic) bond motifs is 16. The first-order chi connectivity index (χ1) is 26.8. The van der Waals surface area contributed by atoms with Gasteiger partial charge in [0.25, 0.3) is 0 Å². The van der Waals surface area contributed by atoms with Crippen molar-refractivity contribution in [2.75, 3.05) is 0 Å². The van der Waals surface area contributed by atoms with Crippen LogP contribution in [-0.2, 0) is 0 Å². The summed E-state index contributed by atoms with van der Waals surface area (Å²) in [6.07, 6.45) is 0. The molecule has 9 aromatic carbocycles. The summed E-state index contributed by atoms with van der Waals surface area (Å²) < 4.78 is 4.91. The predicted octanol–water partition coefficient (Wildman–Crippen LogP) is 13.0. The normalized spacial score (nSPS) is 12.4. The molecule has 0 aliphatic heterocycles.